The maximum Gasteiger partial charge on any atom is 0.253 e. The zero-order valence-corrected chi connectivity index (χ0v) is 11.6. The maximum absolute atomic E-state index is 5.98. The van der Waals surface area contributed by atoms with Crippen LogP contribution in [0.2, 0.25) is 5.15 Å². The fourth-order valence-electron chi connectivity index (χ4n) is 1.23. The molecular formula is C9H5Cl4N5. The minimum Gasteiger partial charge on any atom is -0.383 e. The van der Waals surface area contributed by atoms with Gasteiger partial charge in [-0.1, -0.05) is 46.4 Å². The lowest BCUT2D eigenvalue weighted by Crippen LogP contribution is -2.07. The molecule has 5 nitrogen and oxygen atoms in total. The molecule has 0 saturated carbocycles. The Labute approximate surface area is 122 Å². The summed E-state index contributed by atoms with van der Waals surface area (Å²) in [4.78, 5) is 8.05. The fraction of sp³-hybridized carbons (Fsp3) is 0. The van der Waals surface area contributed by atoms with Crippen LogP contribution in [0, 0.1) is 0 Å². The Morgan fingerprint density at radius 3 is 2.44 bits per heavy atom. The van der Waals surface area contributed by atoms with Gasteiger partial charge in [-0.15, -0.1) is 0 Å². The van der Waals surface area contributed by atoms with Crippen LogP contribution in [0.15, 0.2) is 23.0 Å². The molecule has 0 aromatic carbocycles. The number of anilines is 1. The van der Waals surface area contributed by atoms with Crippen LogP contribution in [-0.4, -0.2) is 19.7 Å². The van der Waals surface area contributed by atoms with Gasteiger partial charge in [0.1, 0.15) is 15.5 Å². The third-order valence-corrected chi connectivity index (χ3v) is 3.20. The van der Waals surface area contributed by atoms with Crippen LogP contribution in [0.4, 0.5) is 5.82 Å². The predicted molar refractivity (Wildman–Crippen MR) is 73.1 cm³/mol. The summed E-state index contributed by atoms with van der Waals surface area (Å²) in [7, 11) is 0. The Balaban J connectivity index is 2.59. The van der Waals surface area contributed by atoms with Gasteiger partial charge in [-0.3, -0.25) is 0 Å². The Morgan fingerprint density at radius 2 is 1.94 bits per heavy atom. The number of aromatic nitrogens is 4. The van der Waals surface area contributed by atoms with Gasteiger partial charge in [0.2, 0.25) is 0 Å². The molecule has 0 radical (unpaired) electrons. The molecule has 9 heteroatoms. The molecule has 18 heavy (non-hydrogen) atoms. The van der Waals surface area contributed by atoms with Crippen molar-refractivity contribution < 1.29 is 0 Å². The molecule has 0 fully saturated rings. The van der Waals surface area contributed by atoms with E-state index in [1.54, 1.807) is 18.5 Å². The number of nitrogen functional groups attached to an aromatic ring is 1. The normalized spacial score (nSPS) is 10.4. The zero-order chi connectivity index (χ0) is 13.3. The number of rotatable bonds is 2. The van der Waals surface area contributed by atoms with Gasteiger partial charge in [-0.05, 0) is 6.07 Å². The van der Waals surface area contributed by atoms with Crippen molar-refractivity contribution in [2.75, 3.05) is 5.73 Å². The molecule has 2 aromatic heterocycles. The molecule has 0 bridgehead atoms. The van der Waals surface area contributed by atoms with Crippen molar-refractivity contribution >= 4 is 57.3 Å². The van der Waals surface area contributed by atoms with Gasteiger partial charge >= 0.3 is 0 Å². The van der Waals surface area contributed by atoms with Crippen LogP contribution in [0.3, 0.4) is 0 Å². The molecule has 0 unspecified atom stereocenters. The number of nitrogens with two attached hydrogens (primary N) is 1. The molecule has 2 aromatic rings. The van der Waals surface area contributed by atoms with Crippen molar-refractivity contribution in [3.63, 3.8) is 0 Å². The summed E-state index contributed by atoms with van der Waals surface area (Å²) in [5.41, 5.74) is 5.94. The average Bonchev–Trinajstić information content (AvgIpc) is 2.80. The van der Waals surface area contributed by atoms with E-state index in [-0.39, 0.29) is 32.0 Å². The highest BCUT2D eigenvalue weighted by atomic mass is 35.5. The molecule has 0 aliphatic heterocycles. The lowest BCUT2D eigenvalue weighted by molar-refractivity contribution is 0.810. The van der Waals surface area contributed by atoms with Gasteiger partial charge in [0.15, 0.2) is 0 Å². The SMILES string of the molecule is Nc1nc(-n2cccn2)nc(Cl)c1C(Cl)=C(Cl)Cl. The van der Waals surface area contributed by atoms with Gasteiger partial charge in [0.25, 0.3) is 5.95 Å². The van der Waals surface area contributed by atoms with E-state index in [0.717, 1.165) is 0 Å². The number of halogens is 4. The highest BCUT2D eigenvalue weighted by Crippen LogP contribution is 2.35. The minimum atomic E-state index is -0.166. The highest BCUT2D eigenvalue weighted by Gasteiger charge is 2.17. The Morgan fingerprint density at radius 1 is 1.22 bits per heavy atom. The van der Waals surface area contributed by atoms with Crippen molar-refractivity contribution in [2.24, 2.45) is 0 Å². The Kier molecular flexibility index (Phi) is 3.97. The van der Waals surface area contributed by atoms with Gasteiger partial charge in [-0.2, -0.15) is 15.1 Å². The van der Waals surface area contributed by atoms with Crippen molar-refractivity contribution in [1.29, 1.82) is 0 Å². The number of nitrogens with zero attached hydrogens (tertiary/aromatic N) is 4. The first-order valence-corrected chi connectivity index (χ1v) is 6.06. The molecule has 2 heterocycles. The molecule has 0 saturated heterocycles. The second kappa shape index (κ2) is 5.32. The van der Waals surface area contributed by atoms with Crippen LogP contribution >= 0.6 is 46.4 Å². The lowest BCUT2D eigenvalue weighted by Gasteiger charge is -2.08. The molecule has 0 aliphatic carbocycles. The summed E-state index contributed by atoms with van der Waals surface area (Å²) in [6.45, 7) is 0. The third kappa shape index (κ3) is 2.54. The van der Waals surface area contributed by atoms with Crippen molar-refractivity contribution in [3.8, 4) is 5.95 Å². The van der Waals surface area contributed by atoms with Crippen LogP contribution in [0.5, 0.6) is 0 Å². The van der Waals surface area contributed by atoms with Gasteiger partial charge in [0.05, 0.1) is 10.6 Å². The monoisotopic (exact) mass is 323 g/mol. The first-order chi connectivity index (χ1) is 8.50. The molecule has 0 spiro atoms. The first kappa shape index (κ1) is 13.4. The van der Waals surface area contributed by atoms with E-state index < -0.39 is 0 Å². The van der Waals surface area contributed by atoms with E-state index >= 15 is 0 Å². The summed E-state index contributed by atoms with van der Waals surface area (Å²) < 4.78 is 1.24. The largest absolute Gasteiger partial charge is 0.383 e. The predicted octanol–water partition coefficient (Wildman–Crippen LogP) is 3.24. The first-order valence-electron chi connectivity index (χ1n) is 4.55. The standard InChI is InChI=1S/C9H5Cl4N5/c10-5(6(11)12)4-7(13)16-9(17-8(4)14)18-3-1-2-15-18/h1-3H,(H2,14,16,17). The van der Waals surface area contributed by atoms with Gasteiger partial charge in [-0.25, -0.2) is 4.68 Å². The van der Waals surface area contributed by atoms with E-state index in [1.807, 2.05) is 0 Å². The van der Waals surface area contributed by atoms with Gasteiger partial charge in [0, 0.05) is 12.4 Å². The van der Waals surface area contributed by atoms with E-state index in [1.165, 1.54) is 4.68 Å². The van der Waals surface area contributed by atoms with Crippen LogP contribution < -0.4 is 5.73 Å². The number of hydrogen-bond donors (Lipinski definition) is 1. The smallest absolute Gasteiger partial charge is 0.253 e. The zero-order valence-electron chi connectivity index (χ0n) is 8.61. The molecule has 0 atom stereocenters. The van der Waals surface area contributed by atoms with Gasteiger partial charge < -0.3 is 5.73 Å². The van der Waals surface area contributed by atoms with Crippen molar-refractivity contribution in [3.05, 3.63) is 33.7 Å². The second-order valence-corrected chi connectivity index (χ2v) is 4.79. The van der Waals surface area contributed by atoms with Crippen LogP contribution in [0.25, 0.3) is 11.0 Å². The third-order valence-electron chi connectivity index (χ3n) is 1.98. The Hall–Kier alpha value is -1.01. The van der Waals surface area contributed by atoms with Crippen molar-refractivity contribution in [2.45, 2.75) is 0 Å². The van der Waals surface area contributed by atoms with Crippen LogP contribution in [-0.2, 0) is 0 Å². The minimum absolute atomic E-state index is 0.00662. The molecule has 94 valence electrons. The fourth-order valence-corrected chi connectivity index (χ4v) is 1.92. The topological polar surface area (TPSA) is 69.6 Å². The number of hydrogen-bond acceptors (Lipinski definition) is 4. The van der Waals surface area contributed by atoms with Crippen molar-refractivity contribution in [1.82, 2.24) is 19.7 Å². The molecule has 2 rings (SSSR count). The summed E-state index contributed by atoms with van der Waals surface area (Å²) in [6.07, 6.45) is 3.22. The second-order valence-electron chi connectivity index (χ2n) is 3.10. The van der Waals surface area contributed by atoms with E-state index in [9.17, 15) is 0 Å². The Bertz CT molecular complexity index is 580. The summed E-state index contributed by atoms with van der Waals surface area (Å²) in [5, 5.41) is 3.99. The van der Waals surface area contributed by atoms with E-state index in [4.69, 9.17) is 52.1 Å². The highest BCUT2D eigenvalue weighted by molar-refractivity contribution is 6.67. The quantitative estimate of drug-likeness (QED) is 0.861. The van der Waals surface area contributed by atoms with Crippen LogP contribution in [0.1, 0.15) is 5.56 Å². The summed E-state index contributed by atoms with van der Waals surface area (Å²) in [5.74, 6) is 0.283. The summed E-state index contributed by atoms with van der Waals surface area (Å²) >= 11 is 23.0. The molecule has 0 amide bonds. The summed E-state index contributed by atoms with van der Waals surface area (Å²) in [6, 6.07) is 1.71. The lowest BCUT2D eigenvalue weighted by atomic mass is 10.3. The van der Waals surface area contributed by atoms with E-state index in [2.05, 4.69) is 15.1 Å². The average molecular weight is 325 g/mol. The molecular weight excluding hydrogens is 320 g/mol. The molecule has 2 N–H and O–H groups in total. The van der Waals surface area contributed by atoms with E-state index in [0.29, 0.717) is 0 Å². The molecule has 0 aliphatic rings. The maximum atomic E-state index is 5.98.